The van der Waals surface area contributed by atoms with Gasteiger partial charge in [0.15, 0.2) is 5.78 Å². The first-order valence-electron chi connectivity index (χ1n) is 5.21. The van der Waals surface area contributed by atoms with Crippen molar-refractivity contribution in [3.8, 4) is 5.75 Å². The number of amides is 1. The fourth-order valence-electron chi connectivity index (χ4n) is 1.16. The molecule has 1 aromatic carbocycles. The Kier molecular flexibility index (Phi) is 4.69. The molecule has 5 heteroatoms. The summed E-state index contributed by atoms with van der Waals surface area (Å²) in [7, 11) is 0. The maximum absolute atomic E-state index is 11.7. The Balaban J connectivity index is 2.68. The van der Waals surface area contributed by atoms with Crippen molar-refractivity contribution in [1.82, 2.24) is 5.32 Å². The topological polar surface area (TPSA) is 66.4 Å². The van der Waals surface area contributed by atoms with Crippen LogP contribution in [-0.4, -0.2) is 23.3 Å². The lowest BCUT2D eigenvalue weighted by Gasteiger charge is -2.08. The zero-order valence-electron chi connectivity index (χ0n) is 9.66. The molecule has 1 aromatic rings. The van der Waals surface area contributed by atoms with E-state index < -0.39 is 5.91 Å². The Morgan fingerprint density at radius 3 is 2.59 bits per heavy atom. The Labute approximate surface area is 108 Å². The summed E-state index contributed by atoms with van der Waals surface area (Å²) >= 11 is 3.18. The van der Waals surface area contributed by atoms with Gasteiger partial charge in [-0.3, -0.25) is 9.59 Å². The van der Waals surface area contributed by atoms with Crippen LogP contribution in [0.25, 0.3) is 0 Å². The van der Waals surface area contributed by atoms with Crippen molar-refractivity contribution in [1.29, 1.82) is 0 Å². The molecule has 0 aliphatic carbocycles. The Morgan fingerprint density at radius 1 is 1.41 bits per heavy atom. The van der Waals surface area contributed by atoms with Crippen LogP contribution in [0, 0.1) is 5.92 Å². The molecule has 0 radical (unpaired) electrons. The lowest BCUT2D eigenvalue weighted by Crippen LogP contribution is -2.31. The number of phenols is 1. The van der Waals surface area contributed by atoms with Gasteiger partial charge in [0.2, 0.25) is 0 Å². The molecule has 0 unspecified atom stereocenters. The first-order chi connectivity index (χ1) is 7.91. The van der Waals surface area contributed by atoms with Gasteiger partial charge in [-0.15, -0.1) is 0 Å². The van der Waals surface area contributed by atoms with Gasteiger partial charge in [-0.1, -0.05) is 29.8 Å². The van der Waals surface area contributed by atoms with Gasteiger partial charge in [0.25, 0.3) is 5.91 Å². The molecule has 92 valence electrons. The summed E-state index contributed by atoms with van der Waals surface area (Å²) in [4.78, 5) is 23.0. The molecule has 17 heavy (non-hydrogen) atoms. The quantitative estimate of drug-likeness (QED) is 0.895. The number of nitrogens with one attached hydrogen (secondary N) is 1. The number of rotatable bonds is 4. The van der Waals surface area contributed by atoms with Crippen molar-refractivity contribution < 1.29 is 14.7 Å². The van der Waals surface area contributed by atoms with Crippen LogP contribution in [-0.2, 0) is 4.79 Å². The molecule has 0 saturated carbocycles. The number of hydrogen-bond donors (Lipinski definition) is 2. The minimum atomic E-state index is -0.455. The monoisotopic (exact) mass is 299 g/mol. The molecule has 0 bridgehead atoms. The van der Waals surface area contributed by atoms with Gasteiger partial charge in [0, 0.05) is 10.4 Å². The van der Waals surface area contributed by atoms with Crippen molar-refractivity contribution in [2.24, 2.45) is 5.92 Å². The average molecular weight is 300 g/mol. The van der Waals surface area contributed by atoms with Crippen molar-refractivity contribution in [2.75, 3.05) is 6.54 Å². The number of halogens is 1. The third-order valence-electron chi connectivity index (χ3n) is 2.27. The highest BCUT2D eigenvalue weighted by Gasteiger charge is 2.13. The van der Waals surface area contributed by atoms with E-state index in [2.05, 4.69) is 21.2 Å². The first-order valence-corrected chi connectivity index (χ1v) is 6.00. The van der Waals surface area contributed by atoms with Crippen molar-refractivity contribution >= 4 is 27.6 Å². The van der Waals surface area contributed by atoms with E-state index in [1.54, 1.807) is 19.9 Å². The van der Waals surface area contributed by atoms with Crippen LogP contribution in [0.4, 0.5) is 0 Å². The molecule has 0 spiro atoms. The highest BCUT2D eigenvalue weighted by molar-refractivity contribution is 9.10. The summed E-state index contributed by atoms with van der Waals surface area (Å²) < 4.78 is 0.685. The highest BCUT2D eigenvalue weighted by Crippen LogP contribution is 2.21. The number of aromatic hydroxyl groups is 1. The lowest BCUT2D eigenvalue weighted by atomic mass is 10.1. The normalized spacial score (nSPS) is 10.4. The number of ketones is 1. The first kappa shape index (κ1) is 13.7. The zero-order valence-corrected chi connectivity index (χ0v) is 11.2. The van der Waals surface area contributed by atoms with E-state index in [0.29, 0.717) is 4.47 Å². The Morgan fingerprint density at radius 2 is 2.06 bits per heavy atom. The van der Waals surface area contributed by atoms with Crippen molar-refractivity contribution in [2.45, 2.75) is 13.8 Å². The summed E-state index contributed by atoms with van der Waals surface area (Å²) in [5.74, 6) is -0.735. The predicted molar refractivity (Wildman–Crippen MR) is 68.0 cm³/mol. The number of carbonyl (C=O) groups is 2. The Hall–Kier alpha value is -1.36. The smallest absolute Gasteiger partial charge is 0.255 e. The van der Waals surface area contributed by atoms with E-state index in [0.717, 1.165) is 0 Å². The van der Waals surface area contributed by atoms with Gasteiger partial charge in [-0.2, -0.15) is 0 Å². The minimum absolute atomic E-state index is 0.0218. The second-order valence-electron chi connectivity index (χ2n) is 3.97. The minimum Gasteiger partial charge on any atom is -0.507 e. The number of benzene rings is 1. The van der Waals surface area contributed by atoms with E-state index in [-0.39, 0.29) is 29.6 Å². The van der Waals surface area contributed by atoms with Crippen LogP contribution in [0.1, 0.15) is 24.2 Å². The summed E-state index contributed by atoms with van der Waals surface area (Å²) in [6.45, 7) is 3.52. The molecule has 1 rings (SSSR count). The molecule has 0 aromatic heterocycles. The lowest BCUT2D eigenvalue weighted by molar-refractivity contribution is -0.120. The van der Waals surface area contributed by atoms with Gasteiger partial charge >= 0.3 is 0 Å². The Bertz CT molecular complexity index is 443. The summed E-state index contributed by atoms with van der Waals surface area (Å²) in [5, 5.41) is 12.0. The molecular formula is C12H14BrNO3. The highest BCUT2D eigenvalue weighted by atomic mass is 79.9. The zero-order chi connectivity index (χ0) is 13.0. The number of phenolic OH excluding ortho intramolecular Hbond substituents is 1. The van der Waals surface area contributed by atoms with E-state index in [9.17, 15) is 14.7 Å². The molecule has 0 atom stereocenters. The second kappa shape index (κ2) is 5.82. The maximum atomic E-state index is 11.7. The average Bonchev–Trinajstić information content (AvgIpc) is 2.25. The van der Waals surface area contributed by atoms with E-state index >= 15 is 0 Å². The van der Waals surface area contributed by atoms with Crippen LogP contribution in [0.5, 0.6) is 5.75 Å². The van der Waals surface area contributed by atoms with Gasteiger partial charge in [0.1, 0.15) is 5.75 Å². The number of carbonyl (C=O) groups excluding carboxylic acids is 2. The molecule has 0 saturated heterocycles. The van der Waals surface area contributed by atoms with Crippen LogP contribution in [0.2, 0.25) is 0 Å². The predicted octanol–water partition coefficient (Wildman–Crippen LogP) is 2.11. The molecule has 0 aliphatic heterocycles. The van der Waals surface area contributed by atoms with Crippen molar-refractivity contribution in [3.63, 3.8) is 0 Å². The van der Waals surface area contributed by atoms with Crippen molar-refractivity contribution in [3.05, 3.63) is 28.2 Å². The fourth-order valence-corrected chi connectivity index (χ4v) is 1.51. The molecule has 0 aliphatic rings. The molecule has 4 nitrogen and oxygen atoms in total. The molecule has 0 heterocycles. The van der Waals surface area contributed by atoms with Crippen LogP contribution in [0.15, 0.2) is 22.7 Å². The molecule has 2 N–H and O–H groups in total. The maximum Gasteiger partial charge on any atom is 0.255 e. The summed E-state index contributed by atoms with van der Waals surface area (Å²) in [6.07, 6.45) is 0. The van der Waals surface area contributed by atoms with Crippen LogP contribution >= 0.6 is 15.9 Å². The van der Waals surface area contributed by atoms with Crippen LogP contribution in [0.3, 0.4) is 0 Å². The molecular weight excluding hydrogens is 286 g/mol. The van der Waals surface area contributed by atoms with E-state index in [1.807, 2.05) is 0 Å². The number of Topliss-reactive ketones (excluding diaryl/α,β-unsaturated/α-hetero) is 1. The SMILES string of the molecule is CC(C)C(=O)CNC(=O)c1ccc(Br)cc1O. The third kappa shape index (κ3) is 3.85. The molecule has 0 fully saturated rings. The van der Waals surface area contributed by atoms with Gasteiger partial charge in [-0.25, -0.2) is 0 Å². The van der Waals surface area contributed by atoms with Gasteiger partial charge in [-0.05, 0) is 18.2 Å². The molecule has 1 amide bonds. The third-order valence-corrected chi connectivity index (χ3v) is 2.76. The number of hydrogen-bond acceptors (Lipinski definition) is 3. The van der Waals surface area contributed by atoms with Gasteiger partial charge in [0.05, 0.1) is 12.1 Å². The second-order valence-corrected chi connectivity index (χ2v) is 4.88. The standard InChI is InChI=1S/C12H14BrNO3/c1-7(2)11(16)6-14-12(17)9-4-3-8(13)5-10(9)15/h3-5,7,15H,6H2,1-2H3,(H,14,17). The largest absolute Gasteiger partial charge is 0.507 e. The fraction of sp³-hybridized carbons (Fsp3) is 0.333. The van der Waals surface area contributed by atoms with Gasteiger partial charge < -0.3 is 10.4 Å². The van der Waals surface area contributed by atoms with E-state index in [1.165, 1.54) is 12.1 Å². The van der Waals surface area contributed by atoms with Crippen LogP contribution < -0.4 is 5.32 Å². The summed E-state index contributed by atoms with van der Waals surface area (Å²) in [5.41, 5.74) is 0.157. The summed E-state index contributed by atoms with van der Waals surface area (Å²) in [6, 6.07) is 4.58. The van der Waals surface area contributed by atoms with E-state index in [4.69, 9.17) is 0 Å².